The molecule has 1 N–H and O–H groups in total. The first kappa shape index (κ1) is 19.5. The third-order valence-corrected chi connectivity index (χ3v) is 4.14. The van der Waals surface area contributed by atoms with Crippen LogP contribution in [0.4, 0.5) is 5.69 Å². The summed E-state index contributed by atoms with van der Waals surface area (Å²) in [7, 11) is 1.37. The van der Waals surface area contributed by atoms with Gasteiger partial charge >= 0.3 is 0 Å². The zero-order valence-corrected chi connectivity index (χ0v) is 15.2. The minimum atomic E-state index is -0.816. The van der Waals surface area contributed by atoms with E-state index in [1.165, 1.54) is 7.05 Å². The van der Waals surface area contributed by atoms with Crippen molar-refractivity contribution in [2.45, 2.75) is 19.4 Å². The van der Waals surface area contributed by atoms with E-state index in [2.05, 4.69) is 16.8 Å². The van der Waals surface area contributed by atoms with Gasteiger partial charge in [0.2, 0.25) is 0 Å². The fourth-order valence-corrected chi connectivity index (χ4v) is 2.72. The van der Waals surface area contributed by atoms with Crippen molar-refractivity contribution in [1.29, 1.82) is 5.26 Å². The molecule has 7 heteroatoms. The molecule has 1 fully saturated rings. The number of amides is 2. The van der Waals surface area contributed by atoms with Crippen LogP contribution < -0.4 is 10.2 Å². The average molecular weight is 356 g/mol. The molecule has 7 nitrogen and oxygen atoms in total. The smallest absolute Gasteiger partial charge is 0.258 e. The van der Waals surface area contributed by atoms with Crippen molar-refractivity contribution in [3.63, 3.8) is 0 Å². The summed E-state index contributed by atoms with van der Waals surface area (Å²) in [5.74, 6) is -0.821. The van der Waals surface area contributed by atoms with Gasteiger partial charge in [0.1, 0.15) is 6.04 Å². The molecule has 26 heavy (non-hydrogen) atoms. The molecule has 1 atom stereocenters. The Balaban J connectivity index is 2.07. The Morgan fingerprint density at radius 3 is 2.50 bits per heavy atom. The predicted molar refractivity (Wildman–Crippen MR) is 98.5 cm³/mol. The first-order chi connectivity index (χ1) is 12.4. The standard InChI is InChI=1S/C19H24N4O3/c1-14(2)12-17(19(25)22(3)13-20)21-18(24)15-4-6-16(7-5-15)23-8-10-26-11-9-23/h4-7,17H,1,8-12H2,2-3H3,(H,21,24). The average Bonchev–Trinajstić information content (AvgIpc) is 2.66. The Hall–Kier alpha value is -2.85. The second kappa shape index (κ2) is 9.02. The number of carbonyl (C=O) groups is 2. The van der Waals surface area contributed by atoms with E-state index in [1.54, 1.807) is 25.2 Å². The van der Waals surface area contributed by atoms with Gasteiger partial charge in [-0.05, 0) is 37.6 Å². The number of benzene rings is 1. The molecule has 0 radical (unpaired) electrons. The maximum Gasteiger partial charge on any atom is 0.258 e. The van der Waals surface area contributed by atoms with E-state index in [-0.39, 0.29) is 12.3 Å². The Morgan fingerprint density at radius 2 is 1.96 bits per heavy atom. The quantitative estimate of drug-likeness (QED) is 0.475. The fourth-order valence-electron chi connectivity index (χ4n) is 2.72. The van der Waals surface area contributed by atoms with E-state index >= 15 is 0 Å². The van der Waals surface area contributed by atoms with Gasteiger partial charge in [-0.25, -0.2) is 0 Å². The van der Waals surface area contributed by atoms with Crippen LogP contribution in [0.1, 0.15) is 23.7 Å². The van der Waals surface area contributed by atoms with Gasteiger partial charge < -0.3 is 15.0 Å². The molecule has 1 aliphatic rings. The number of rotatable bonds is 6. The Morgan fingerprint density at radius 1 is 1.35 bits per heavy atom. The lowest BCUT2D eigenvalue weighted by molar-refractivity contribution is -0.129. The van der Waals surface area contributed by atoms with Crippen LogP contribution >= 0.6 is 0 Å². The maximum atomic E-state index is 12.5. The van der Waals surface area contributed by atoms with Crippen LogP contribution in [-0.4, -0.2) is 56.1 Å². The number of morpholine rings is 1. The molecule has 2 amide bonds. The maximum absolute atomic E-state index is 12.5. The molecule has 138 valence electrons. The molecule has 0 aliphatic carbocycles. The molecular weight excluding hydrogens is 332 g/mol. The largest absolute Gasteiger partial charge is 0.378 e. The Labute approximate surface area is 153 Å². The summed E-state index contributed by atoms with van der Waals surface area (Å²) in [6, 6.07) is 6.42. The first-order valence-electron chi connectivity index (χ1n) is 8.47. The summed E-state index contributed by atoms with van der Waals surface area (Å²) >= 11 is 0. The zero-order chi connectivity index (χ0) is 19.1. The van der Waals surface area contributed by atoms with Crippen molar-refractivity contribution < 1.29 is 14.3 Å². The molecule has 0 saturated carbocycles. The number of nitrogens with zero attached hydrogens (tertiary/aromatic N) is 3. The van der Waals surface area contributed by atoms with Crippen molar-refractivity contribution in [1.82, 2.24) is 10.2 Å². The normalized spacial score (nSPS) is 14.9. The van der Waals surface area contributed by atoms with Gasteiger partial charge in [0, 0.05) is 31.4 Å². The van der Waals surface area contributed by atoms with Gasteiger partial charge in [-0.15, -0.1) is 6.58 Å². The second-order valence-corrected chi connectivity index (χ2v) is 6.33. The van der Waals surface area contributed by atoms with Gasteiger partial charge in [0.25, 0.3) is 11.8 Å². The van der Waals surface area contributed by atoms with Crippen molar-refractivity contribution in [3.8, 4) is 6.19 Å². The summed E-state index contributed by atoms with van der Waals surface area (Å²) < 4.78 is 5.34. The lowest BCUT2D eigenvalue weighted by Gasteiger charge is -2.29. The number of nitriles is 1. The molecular formula is C19H24N4O3. The highest BCUT2D eigenvalue weighted by Crippen LogP contribution is 2.17. The number of hydrogen-bond acceptors (Lipinski definition) is 5. The topological polar surface area (TPSA) is 85.7 Å². The summed E-state index contributed by atoms with van der Waals surface area (Å²) in [5.41, 5.74) is 2.24. The van der Waals surface area contributed by atoms with Crippen molar-refractivity contribution in [3.05, 3.63) is 42.0 Å². The van der Waals surface area contributed by atoms with Gasteiger partial charge in [-0.3, -0.25) is 14.5 Å². The molecule has 0 spiro atoms. The number of carbonyl (C=O) groups excluding carboxylic acids is 2. The van der Waals surface area contributed by atoms with Crippen molar-refractivity contribution in [2.24, 2.45) is 0 Å². The number of nitrogens with one attached hydrogen (secondary N) is 1. The van der Waals surface area contributed by atoms with E-state index < -0.39 is 11.9 Å². The zero-order valence-electron chi connectivity index (χ0n) is 15.2. The monoisotopic (exact) mass is 356 g/mol. The van der Waals surface area contributed by atoms with E-state index in [9.17, 15) is 9.59 Å². The molecule has 0 bridgehead atoms. The lowest BCUT2D eigenvalue weighted by atomic mass is 10.1. The summed E-state index contributed by atoms with van der Waals surface area (Å²) in [6.45, 7) is 8.59. The van der Waals surface area contributed by atoms with Crippen molar-refractivity contribution in [2.75, 3.05) is 38.3 Å². The molecule has 1 aliphatic heterocycles. The van der Waals surface area contributed by atoms with Gasteiger partial charge in [-0.2, -0.15) is 5.26 Å². The van der Waals surface area contributed by atoms with E-state index in [0.29, 0.717) is 18.8 Å². The van der Waals surface area contributed by atoms with Crippen LogP contribution in [0.25, 0.3) is 0 Å². The van der Waals surface area contributed by atoms with Crippen molar-refractivity contribution >= 4 is 17.5 Å². The minimum Gasteiger partial charge on any atom is -0.378 e. The van der Waals surface area contributed by atoms with E-state index in [4.69, 9.17) is 10.00 Å². The minimum absolute atomic E-state index is 0.280. The second-order valence-electron chi connectivity index (χ2n) is 6.33. The van der Waals surface area contributed by atoms with Crippen LogP contribution in [0.5, 0.6) is 0 Å². The highest BCUT2D eigenvalue weighted by Gasteiger charge is 2.24. The molecule has 1 unspecified atom stereocenters. The molecule has 1 heterocycles. The number of ether oxygens (including phenoxy) is 1. The molecule has 1 aromatic carbocycles. The summed E-state index contributed by atoms with van der Waals surface area (Å²) in [5, 5.41) is 11.6. The van der Waals surface area contributed by atoms with Gasteiger partial charge in [0.05, 0.1) is 13.2 Å². The van der Waals surface area contributed by atoms with Gasteiger partial charge in [0.15, 0.2) is 6.19 Å². The summed E-state index contributed by atoms with van der Waals surface area (Å²) in [4.78, 5) is 27.9. The van der Waals surface area contributed by atoms with E-state index in [1.807, 2.05) is 12.1 Å². The third kappa shape index (κ3) is 5.07. The van der Waals surface area contributed by atoms with Crippen LogP contribution in [-0.2, 0) is 9.53 Å². The predicted octanol–water partition coefficient (Wildman–Crippen LogP) is 1.53. The van der Waals surface area contributed by atoms with Crippen LogP contribution in [0.2, 0.25) is 0 Å². The Kier molecular flexibility index (Phi) is 6.75. The first-order valence-corrected chi connectivity index (χ1v) is 8.47. The highest BCUT2D eigenvalue weighted by molar-refractivity contribution is 5.98. The van der Waals surface area contributed by atoms with E-state index in [0.717, 1.165) is 29.2 Å². The lowest BCUT2D eigenvalue weighted by Crippen LogP contribution is -2.46. The highest BCUT2D eigenvalue weighted by atomic mass is 16.5. The molecule has 0 aromatic heterocycles. The number of likely N-dealkylation sites (N-methyl/N-ethyl adjacent to an activating group) is 1. The third-order valence-electron chi connectivity index (χ3n) is 4.14. The molecule has 1 aromatic rings. The number of anilines is 1. The number of hydrogen-bond donors (Lipinski definition) is 1. The van der Waals surface area contributed by atoms with Crippen LogP contribution in [0, 0.1) is 11.5 Å². The van der Waals surface area contributed by atoms with Crippen LogP contribution in [0.3, 0.4) is 0 Å². The summed E-state index contributed by atoms with van der Waals surface area (Å²) in [6.07, 6.45) is 2.04. The SMILES string of the molecule is C=C(C)CC(NC(=O)c1ccc(N2CCOCC2)cc1)C(=O)N(C)C#N. The molecule has 1 saturated heterocycles. The Bertz CT molecular complexity index is 702. The van der Waals surface area contributed by atoms with Gasteiger partial charge in [-0.1, -0.05) is 5.57 Å². The van der Waals surface area contributed by atoms with Crippen LogP contribution in [0.15, 0.2) is 36.4 Å². The fraction of sp³-hybridized carbons (Fsp3) is 0.421. The molecule has 2 rings (SSSR count).